The first-order valence-corrected chi connectivity index (χ1v) is 6.92. The first kappa shape index (κ1) is 15.7. The molecule has 0 unspecified atom stereocenters. The number of rotatable bonds is 6. The average Bonchev–Trinajstić information content (AvgIpc) is 2.55. The van der Waals surface area contributed by atoms with Crippen molar-refractivity contribution in [3.05, 3.63) is 65.7 Å². The summed E-state index contributed by atoms with van der Waals surface area (Å²) in [7, 11) is 1.31. The molecule has 114 valence electrons. The summed E-state index contributed by atoms with van der Waals surface area (Å²) in [5, 5.41) is 5.77. The molecule has 0 radical (unpaired) electrons. The molecule has 0 aliphatic rings. The van der Waals surface area contributed by atoms with Crippen molar-refractivity contribution >= 4 is 17.6 Å². The van der Waals surface area contributed by atoms with Crippen LogP contribution < -0.4 is 10.6 Å². The molecule has 0 fully saturated rings. The molecule has 0 spiro atoms. The first-order chi connectivity index (χ1) is 10.7. The molecule has 5 heteroatoms. The smallest absolute Gasteiger partial charge is 0.339 e. The Balaban J connectivity index is 1.88. The molecule has 2 N–H and O–H groups in total. The summed E-state index contributed by atoms with van der Waals surface area (Å²) in [5.41, 5.74) is 1.88. The Bertz CT molecular complexity index is 641. The molecule has 5 nitrogen and oxygen atoms in total. The van der Waals surface area contributed by atoms with Crippen LogP contribution in [0.5, 0.6) is 0 Å². The molecule has 0 aromatic heterocycles. The van der Waals surface area contributed by atoms with Crippen molar-refractivity contribution in [2.75, 3.05) is 19.0 Å². The number of amides is 1. The van der Waals surface area contributed by atoms with Crippen molar-refractivity contribution in [3.8, 4) is 0 Å². The molecule has 0 heterocycles. The fourth-order valence-corrected chi connectivity index (χ4v) is 1.99. The Morgan fingerprint density at radius 2 is 1.68 bits per heavy atom. The lowest BCUT2D eigenvalue weighted by atomic mass is 10.2. The van der Waals surface area contributed by atoms with E-state index in [0.717, 1.165) is 5.56 Å². The summed E-state index contributed by atoms with van der Waals surface area (Å²) in [6.45, 7) is 0.761. The van der Waals surface area contributed by atoms with Gasteiger partial charge in [0.15, 0.2) is 0 Å². The number of anilines is 1. The zero-order valence-electron chi connectivity index (χ0n) is 12.3. The quantitative estimate of drug-likeness (QED) is 0.802. The van der Waals surface area contributed by atoms with Gasteiger partial charge in [-0.3, -0.25) is 4.79 Å². The minimum absolute atomic E-state index is 0.157. The van der Waals surface area contributed by atoms with Crippen molar-refractivity contribution < 1.29 is 14.3 Å². The van der Waals surface area contributed by atoms with Crippen LogP contribution in [0.4, 0.5) is 5.69 Å². The maximum absolute atomic E-state index is 11.9. The monoisotopic (exact) mass is 298 g/mol. The van der Waals surface area contributed by atoms with Gasteiger partial charge in [0, 0.05) is 6.54 Å². The summed E-state index contributed by atoms with van der Waals surface area (Å²) in [4.78, 5) is 23.6. The van der Waals surface area contributed by atoms with E-state index in [4.69, 9.17) is 4.74 Å². The second kappa shape index (κ2) is 7.95. The van der Waals surface area contributed by atoms with Gasteiger partial charge in [0.25, 0.3) is 0 Å². The number of para-hydroxylation sites is 1. The minimum atomic E-state index is -0.479. The van der Waals surface area contributed by atoms with Crippen LogP contribution in [0, 0.1) is 0 Å². The van der Waals surface area contributed by atoms with Crippen molar-refractivity contribution in [3.63, 3.8) is 0 Å². The summed E-state index contributed by atoms with van der Waals surface area (Å²) < 4.78 is 4.69. The van der Waals surface area contributed by atoms with Gasteiger partial charge < -0.3 is 15.4 Å². The number of esters is 1. The Morgan fingerprint density at radius 1 is 1.00 bits per heavy atom. The second-order valence-corrected chi connectivity index (χ2v) is 4.67. The highest BCUT2D eigenvalue weighted by Crippen LogP contribution is 2.15. The van der Waals surface area contributed by atoms with Gasteiger partial charge in [-0.1, -0.05) is 42.5 Å². The van der Waals surface area contributed by atoms with E-state index in [9.17, 15) is 9.59 Å². The van der Waals surface area contributed by atoms with Gasteiger partial charge in [0.2, 0.25) is 5.91 Å². The van der Waals surface area contributed by atoms with E-state index < -0.39 is 5.97 Å². The lowest BCUT2D eigenvalue weighted by Crippen LogP contribution is -2.28. The molecule has 2 aromatic carbocycles. The second-order valence-electron chi connectivity index (χ2n) is 4.67. The average molecular weight is 298 g/mol. The number of carbonyl (C=O) groups excluding carboxylic acids is 2. The van der Waals surface area contributed by atoms with E-state index >= 15 is 0 Å². The minimum Gasteiger partial charge on any atom is -0.465 e. The lowest BCUT2D eigenvalue weighted by molar-refractivity contribution is -0.115. The highest BCUT2D eigenvalue weighted by Gasteiger charge is 2.12. The number of carbonyl (C=O) groups is 2. The van der Waals surface area contributed by atoms with Crippen LogP contribution >= 0.6 is 0 Å². The van der Waals surface area contributed by atoms with Crippen LogP contribution in [0.2, 0.25) is 0 Å². The van der Waals surface area contributed by atoms with Gasteiger partial charge in [-0.2, -0.15) is 0 Å². The third-order valence-corrected chi connectivity index (χ3v) is 3.06. The van der Waals surface area contributed by atoms with Crippen LogP contribution in [0.1, 0.15) is 15.9 Å². The van der Waals surface area contributed by atoms with Crippen LogP contribution in [0.25, 0.3) is 0 Å². The predicted molar refractivity (Wildman–Crippen MR) is 84.6 cm³/mol. The molecule has 2 aromatic rings. The van der Waals surface area contributed by atoms with Gasteiger partial charge in [-0.05, 0) is 17.7 Å². The van der Waals surface area contributed by atoms with E-state index in [1.54, 1.807) is 24.3 Å². The fraction of sp³-hybridized carbons (Fsp3) is 0.176. The highest BCUT2D eigenvalue weighted by atomic mass is 16.5. The van der Waals surface area contributed by atoms with Crippen molar-refractivity contribution in [1.29, 1.82) is 0 Å². The maximum Gasteiger partial charge on any atom is 0.339 e. The normalized spacial score (nSPS) is 10.0. The topological polar surface area (TPSA) is 67.4 Å². The summed E-state index contributed by atoms with van der Waals surface area (Å²) in [6.07, 6.45) is 0. The number of hydrogen-bond donors (Lipinski definition) is 2. The molecule has 22 heavy (non-hydrogen) atoms. The van der Waals surface area contributed by atoms with Crippen LogP contribution in [0.15, 0.2) is 54.6 Å². The number of hydrogen-bond acceptors (Lipinski definition) is 4. The van der Waals surface area contributed by atoms with E-state index in [1.165, 1.54) is 7.11 Å². The summed E-state index contributed by atoms with van der Waals surface area (Å²) >= 11 is 0. The molecule has 1 amide bonds. The Labute approximate surface area is 129 Å². The Hall–Kier alpha value is -2.66. The zero-order valence-corrected chi connectivity index (χ0v) is 12.3. The van der Waals surface area contributed by atoms with Crippen molar-refractivity contribution in [1.82, 2.24) is 5.32 Å². The molecule has 2 rings (SSSR count). The van der Waals surface area contributed by atoms with Crippen molar-refractivity contribution in [2.45, 2.75) is 6.54 Å². The van der Waals surface area contributed by atoms with Gasteiger partial charge >= 0.3 is 5.97 Å². The molecule has 0 saturated carbocycles. The largest absolute Gasteiger partial charge is 0.465 e. The SMILES string of the molecule is COC(=O)c1ccccc1NC(=O)CNCc1ccccc1. The maximum atomic E-state index is 11.9. The molecule has 0 bridgehead atoms. The third-order valence-electron chi connectivity index (χ3n) is 3.06. The zero-order chi connectivity index (χ0) is 15.8. The molecular formula is C17H18N2O3. The Kier molecular flexibility index (Phi) is 5.68. The van der Waals surface area contributed by atoms with Crippen LogP contribution in [-0.4, -0.2) is 25.5 Å². The van der Waals surface area contributed by atoms with Crippen molar-refractivity contribution in [2.24, 2.45) is 0 Å². The third kappa shape index (κ3) is 4.43. The molecular weight excluding hydrogens is 280 g/mol. The van der Waals surface area contributed by atoms with Gasteiger partial charge in [0.1, 0.15) is 0 Å². The van der Waals surface area contributed by atoms with E-state index in [1.807, 2.05) is 30.3 Å². The van der Waals surface area contributed by atoms with Crippen LogP contribution in [-0.2, 0) is 16.1 Å². The number of nitrogens with one attached hydrogen (secondary N) is 2. The van der Waals surface area contributed by atoms with Gasteiger partial charge in [-0.15, -0.1) is 0 Å². The van der Waals surface area contributed by atoms with Crippen LogP contribution in [0.3, 0.4) is 0 Å². The van der Waals surface area contributed by atoms with Gasteiger partial charge in [0.05, 0.1) is 24.9 Å². The van der Waals surface area contributed by atoms with E-state index in [0.29, 0.717) is 17.8 Å². The molecule has 0 aliphatic carbocycles. The lowest BCUT2D eigenvalue weighted by Gasteiger charge is -2.10. The molecule has 0 aliphatic heterocycles. The van der Waals surface area contributed by atoms with Gasteiger partial charge in [-0.25, -0.2) is 4.79 Å². The number of ether oxygens (including phenoxy) is 1. The fourth-order valence-electron chi connectivity index (χ4n) is 1.99. The highest BCUT2D eigenvalue weighted by molar-refractivity contribution is 6.01. The Morgan fingerprint density at radius 3 is 2.41 bits per heavy atom. The summed E-state index contributed by atoms with van der Waals surface area (Å²) in [5.74, 6) is -0.694. The predicted octanol–water partition coefficient (Wildman–Crippen LogP) is 2.20. The summed E-state index contributed by atoms with van der Waals surface area (Å²) in [6, 6.07) is 16.6. The molecule has 0 saturated heterocycles. The van der Waals surface area contributed by atoms with E-state index in [-0.39, 0.29) is 12.5 Å². The first-order valence-electron chi connectivity index (χ1n) is 6.92. The molecule has 0 atom stereocenters. The van der Waals surface area contributed by atoms with E-state index in [2.05, 4.69) is 10.6 Å². The number of methoxy groups -OCH3 is 1. The number of benzene rings is 2. The standard InChI is InChI=1S/C17H18N2O3/c1-22-17(21)14-9-5-6-10-15(14)19-16(20)12-18-11-13-7-3-2-4-8-13/h2-10,18H,11-12H2,1H3,(H,19,20).